The molecule has 0 saturated heterocycles. The van der Waals surface area contributed by atoms with Crippen LogP contribution < -0.4 is 10.1 Å². The second-order valence-electron chi connectivity index (χ2n) is 5.11. The molecule has 0 saturated carbocycles. The number of rotatable bonds is 7. The molecule has 0 aliphatic carbocycles. The summed E-state index contributed by atoms with van der Waals surface area (Å²) in [5.41, 5.74) is 0.825. The van der Waals surface area contributed by atoms with Gasteiger partial charge >= 0.3 is 0 Å². The summed E-state index contributed by atoms with van der Waals surface area (Å²) in [4.78, 5) is 12.0. The highest BCUT2D eigenvalue weighted by molar-refractivity contribution is 7.91. The number of sulfone groups is 1. The number of methoxy groups -OCH3 is 1. The van der Waals surface area contributed by atoms with E-state index in [1.54, 1.807) is 25.3 Å². The third-order valence-electron chi connectivity index (χ3n) is 3.42. The monoisotopic (exact) mass is 367 g/mol. The van der Waals surface area contributed by atoms with Gasteiger partial charge in [0, 0.05) is 23.6 Å². The number of hydrogen-bond acceptors (Lipinski definition) is 4. The van der Waals surface area contributed by atoms with E-state index in [0.717, 1.165) is 5.56 Å². The van der Waals surface area contributed by atoms with E-state index >= 15 is 0 Å². The van der Waals surface area contributed by atoms with Crippen LogP contribution in [0.1, 0.15) is 12.0 Å². The van der Waals surface area contributed by atoms with Gasteiger partial charge in [-0.15, -0.1) is 0 Å². The van der Waals surface area contributed by atoms with Crippen LogP contribution in [0.3, 0.4) is 0 Å². The van der Waals surface area contributed by atoms with Crippen LogP contribution in [0.2, 0.25) is 5.02 Å². The van der Waals surface area contributed by atoms with Crippen LogP contribution in [0.15, 0.2) is 53.4 Å². The molecule has 0 aliphatic rings. The first-order valence-corrected chi connectivity index (χ1v) is 9.32. The van der Waals surface area contributed by atoms with E-state index in [1.165, 1.54) is 12.1 Å². The van der Waals surface area contributed by atoms with Crippen LogP contribution in [-0.4, -0.2) is 27.2 Å². The molecular weight excluding hydrogens is 350 g/mol. The Balaban J connectivity index is 1.91. The van der Waals surface area contributed by atoms with E-state index in [2.05, 4.69) is 5.32 Å². The van der Waals surface area contributed by atoms with Gasteiger partial charge in [-0.2, -0.15) is 0 Å². The molecule has 0 spiro atoms. The Labute approximate surface area is 146 Å². The molecule has 2 aromatic rings. The van der Waals surface area contributed by atoms with Crippen LogP contribution in [0, 0.1) is 0 Å². The number of benzene rings is 2. The Morgan fingerprint density at radius 1 is 1.17 bits per heavy atom. The van der Waals surface area contributed by atoms with Crippen molar-refractivity contribution >= 4 is 27.3 Å². The van der Waals surface area contributed by atoms with Gasteiger partial charge in [-0.05, 0) is 24.3 Å². The molecule has 0 unspecified atom stereocenters. The SMILES string of the molecule is COc1ccccc1CNC(=O)CCS(=O)(=O)c1cccc(Cl)c1. The molecule has 0 aromatic heterocycles. The molecule has 7 heteroatoms. The molecule has 128 valence electrons. The number of carbonyl (C=O) groups excluding carboxylic acids is 1. The van der Waals surface area contributed by atoms with Gasteiger partial charge in [0.15, 0.2) is 9.84 Å². The van der Waals surface area contributed by atoms with Crippen molar-refractivity contribution in [3.05, 3.63) is 59.1 Å². The minimum atomic E-state index is -3.54. The summed E-state index contributed by atoms with van der Waals surface area (Å²) in [5, 5.41) is 3.04. The zero-order valence-corrected chi connectivity index (χ0v) is 14.7. The van der Waals surface area contributed by atoms with Gasteiger partial charge in [-0.1, -0.05) is 35.9 Å². The maximum atomic E-state index is 12.2. The predicted octanol–water partition coefficient (Wildman–Crippen LogP) is 2.83. The zero-order chi connectivity index (χ0) is 17.6. The first-order valence-electron chi connectivity index (χ1n) is 7.29. The van der Waals surface area contributed by atoms with Gasteiger partial charge in [-0.25, -0.2) is 8.42 Å². The lowest BCUT2D eigenvalue weighted by Crippen LogP contribution is -2.25. The van der Waals surface area contributed by atoms with Crippen molar-refractivity contribution in [2.45, 2.75) is 17.9 Å². The number of ether oxygens (including phenoxy) is 1. The third kappa shape index (κ3) is 4.97. The summed E-state index contributed by atoms with van der Waals surface area (Å²) >= 11 is 5.80. The molecule has 0 fully saturated rings. The summed E-state index contributed by atoms with van der Waals surface area (Å²) in [6.07, 6.45) is -0.121. The summed E-state index contributed by atoms with van der Waals surface area (Å²) in [6, 6.07) is 13.3. The molecule has 0 atom stereocenters. The van der Waals surface area contributed by atoms with E-state index in [0.29, 0.717) is 10.8 Å². The Morgan fingerprint density at radius 2 is 1.92 bits per heavy atom. The summed E-state index contributed by atoms with van der Waals surface area (Å²) in [5.74, 6) is 0.0568. The van der Waals surface area contributed by atoms with E-state index < -0.39 is 9.84 Å². The maximum absolute atomic E-state index is 12.2. The molecule has 0 aliphatic heterocycles. The summed E-state index contributed by atoms with van der Waals surface area (Å²) in [7, 11) is -1.99. The van der Waals surface area contributed by atoms with Crippen molar-refractivity contribution in [1.82, 2.24) is 5.32 Å². The molecule has 2 aromatic carbocycles. The van der Waals surface area contributed by atoms with Gasteiger partial charge in [0.05, 0.1) is 17.8 Å². The highest BCUT2D eigenvalue weighted by Crippen LogP contribution is 2.18. The fraction of sp³-hybridized carbons (Fsp3) is 0.235. The number of para-hydroxylation sites is 1. The predicted molar refractivity (Wildman–Crippen MR) is 93.0 cm³/mol. The lowest BCUT2D eigenvalue weighted by Gasteiger charge is -2.10. The molecular formula is C17H18ClNO4S. The lowest BCUT2D eigenvalue weighted by atomic mass is 10.2. The second kappa shape index (κ2) is 8.17. The van der Waals surface area contributed by atoms with Crippen molar-refractivity contribution in [1.29, 1.82) is 0 Å². The minimum absolute atomic E-state index is 0.118. The third-order valence-corrected chi connectivity index (χ3v) is 5.37. The second-order valence-corrected chi connectivity index (χ2v) is 7.66. The van der Waals surface area contributed by atoms with E-state index in [9.17, 15) is 13.2 Å². The summed E-state index contributed by atoms with van der Waals surface area (Å²) in [6.45, 7) is 0.278. The smallest absolute Gasteiger partial charge is 0.221 e. The van der Waals surface area contributed by atoms with Crippen molar-refractivity contribution in [3.8, 4) is 5.75 Å². The number of halogens is 1. The van der Waals surface area contributed by atoms with Crippen LogP contribution in [-0.2, 0) is 21.2 Å². The first-order chi connectivity index (χ1) is 11.4. The molecule has 0 radical (unpaired) electrons. The normalized spacial score (nSPS) is 11.1. The lowest BCUT2D eigenvalue weighted by molar-refractivity contribution is -0.120. The van der Waals surface area contributed by atoms with Crippen LogP contribution in [0.25, 0.3) is 0 Å². The highest BCUT2D eigenvalue weighted by Gasteiger charge is 2.17. The van der Waals surface area contributed by atoms with Crippen molar-refractivity contribution in [2.75, 3.05) is 12.9 Å². The molecule has 1 amide bonds. The Kier molecular flexibility index (Phi) is 6.23. The van der Waals surface area contributed by atoms with Gasteiger partial charge in [-0.3, -0.25) is 4.79 Å². The minimum Gasteiger partial charge on any atom is -0.496 e. The Hall–Kier alpha value is -2.05. The van der Waals surface area contributed by atoms with Gasteiger partial charge in [0.2, 0.25) is 5.91 Å². The van der Waals surface area contributed by atoms with Gasteiger partial charge in [0.25, 0.3) is 0 Å². The van der Waals surface area contributed by atoms with Crippen LogP contribution in [0.5, 0.6) is 5.75 Å². The highest BCUT2D eigenvalue weighted by atomic mass is 35.5. The number of carbonyl (C=O) groups is 1. The van der Waals surface area contributed by atoms with Gasteiger partial charge in [0.1, 0.15) is 5.75 Å². The molecule has 2 rings (SSSR count). The maximum Gasteiger partial charge on any atom is 0.221 e. The van der Waals surface area contributed by atoms with Crippen molar-refractivity contribution in [3.63, 3.8) is 0 Å². The quantitative estimate of drug-likeness (QED) is 0.816. The number of amides is 1. The van der Waals surface area contributed by atoms with Crippen LogP contribution >= 0.6 is 11.6 Å². The van der Waals surface area contributed by atoms with Crippen molar-refractivity contribution < 1.29 is 17.9 Å². The average molecular weight is 368 g/mol. The fourth-order valence-electron chi connectivity index (χ4n) is 2.14. The average Bonchev–Trinajstić information content (AvgIpc) is 2.58. The van der Waals surface area contributed by atoms with Crippen molar-refractivity contribution in [2.24, 2.45) is 0 Å². The summed E-state index contributed by atoms with van der Waals surface area (Å²) < 4.78 is 29.6. The molecule has 0 bridgehead atoms. The number of nitrogens with one attached hydrogen (secondary N) is 1. The number of hydrogen-bond donors (Lipinski definition) is 1. The largest absolute Gasteiger partial charge is 0.496 e. The van der Waals surface area contributed by atoms with E-state index in [-0.39, 0.29) is 29.5 Å². The Bertz CT molecular complexity index is 821. The van der Waals surface area contributed by atoms with Crippen LogP contribution in [0.4, 0.5) is 0 Å². The molecule has 24 heavy (non-hydrogen) atoms. The fourth-order valence-corrected chi connectivity index (χ4v) is 3.67. The molecule has 1 N–H and O–H groups in total. The standard InChI is InChI=1S/C17H18ClNO4S/c1-23-16-8-3-2-5-13(16)12-19-17(20)9-10-24(21,22)15-7-4-6-14(18)11-15/h2-8,11H,9-10,12H2,1H3,(H,19,20). The molecule has 0 heterocycles. The topological polar surface area (TPSA) is 72.5 Å². The zero-order valence-electron chi connectivity index (χ0n) is 13.2. The van der Waals surface area contributed by atoms with E-state index in [1.807, 2.05) is 18.2 Å². The molecule has 5 nitrogen and oxygen atoms in total. The Morgan fingerprint density at radius 3 is 2.62 bits per heavy atom. The van der Waals surface area contributed by atoms with Gasteiger partial charge < -0.3 is 10.1 Å². The first kappa shape index (κ1) is 18.3. The van der Waals surface area contributed by atoms with E-state index in [4.69, 9.17) is 16.3 Å².